The van der Waals surface area contributed by atoms with Crippen molar-refractivity contribution in [1.29, 1.82) is 0 Å². The number of likely N-dealkylation sites (tertiary alicyclic amines) is 1. The molecule has 5 nitrogen and oxygen atoms in total. The molecule has 10 heteroatoms. The van der Waals surface area contributed by atoms with E-state index >= 15 is 0 Å². The van der Waals surface area contributed by atoms with Gasteiger partial charge in [0.2, 0.25) is 0 Å². The number of anilines is 1. The normalized spacial score (nSPS) is 18.5. The zero-order valence-corrected chi connectivity index (χ0v) is 19.4. The molecule has 1 N–H and O–H groups in total. The zero-order valence-electron chi connectivity index (χ0n) is 19.4. The molecule has 3 heterocycles. The van der Waals surface area contributed by atoms with Crippen LogP contribution >= 0.6 is 0 Å². The molecule has 1 unspecified atom stereocenters. The van der Waals surface area contributed by atoms with Crippen molar-refractivity contribution in [3.05, 3.63) is 77.2 Å². The summed E-state index contributed by atoms with van der Waals surface area (Å²) in [5, 5.41) is 3.05. The van der Waals surface area contributed by atoms with E-state index in [9.17, 15) is 26.7 Å². The summed E-state index contributed by atoms with van der Waals surface area (Å²) in [6.07, 6.45) is -0.970. The van der Waals surface area contributed by atoms with Gasteiger partial charge in [-0.3, -0.25) is 4.79 Å². The molecular formula is C26H23F5N4O. The third-order valence-corrected chi connectivity index (χ3v) is 6.91. The number of carbonyl (C=O) groups is 1. The SMILES string of the molecule is Cc1ccc(-c2ccc(F)c(F)c2)c(C(=O)N2CC3(CC3)CC2CNc2ccc(C(F)(F)F)cn2)n1. The Balaban J connectivity index is 1.39. The highest BCUT2D eigenvalue weighted by Gasteiger charge is 2.53. The van der Waals surface area contributed by atoms with Gasteiger partial charge in [-0.25, -0.2) is 18.7 Å². The highest BCUT2D eigenvalue weighted by Crippen LogP contribution is 2.55. The first-order chi connectivity index (χ1) is 17.0. The Kier molecular flexibility index (Phi) is 5.92. The number of alkyl halides is 3. The summed E-state index contributed by atoms with van der Waals surface area (Å²) >= 11 is 0. The predicted octanol–water partition coefficient (Wildman–Crippen LogP) is 5.86. The summed E-state index contributed by atoms with van der Waals surface area (Å²) in [7, 11) is 0. The molecule has 2 fully saturated rings. The van der Waals surface area contributed by atoms with Crippen LogP contribution in [0.15, 0.2) is 48.7 Å². The largest absolute Gasteiger partial charge is 0.417 e. The van der Waals surface area contributed by atoms with Gasteiger partial charge in [-0.2, -0.15) is 13.2 Å². The summed E-state index contributed by atoms with van der Waals surface area (Å²) in [4.78, 5) is 23.8. The molecule has 3 aromatic rings. The molecule has 36 heavy (non-hydrogen) atoms. The number of benzene rings is 1. The van der Waals surface area contributed by atoms with Crippen LogP contribution in [0.2, 0.25) is 0 Å². The van der Waals surface area contributed by atoms with Crippen molar-refractivity contribution in [3.63, 3.8) is 0 Å². The lowest BCUT2D eigenvalue weighted by Crippen LogP contribution is -2.40. The third-order valence-electron chi connectivity index (χ3n) is 6.91. The fourth-order valence-corrected chi connectivity index (χ4v) is 4.76. The first-order valence-corrected chi connectivity index (χ1v) is 11.6. The van der Waals surface area contributed by atoms with Gasteiger partial charge in [-0.05, 0) is 67.5 Å². The number of amides is 1. The molecule has 1 amide bonds. The van der Waals surface area contributed by atoms with E-state index < -0.39 is 23.4 Å². The number of carbonyl (C=O) groups excluding carboxylic acids is 1. The number of aryl methyl sites for hydroxylation is 1. The molecule has 1 atom stereocenters. The zero-order chi connectivity index (χ0) is 25.7. The van der Waals surface area contributed by atoms with E-state index in [2.05, 4.69) is 15.3 Å². The first-order valence-electron chi connectivity index (χ1n) is 11.6. The van der Waals surface area contributed by atoms with Gasteiger partial charge in [0, 0.05) is 36.6 Å². The fourth-order valence-electron chi connectivity index (χ4n) is 4.76. The molecule has 1 aromatic carbocycles. The van der Waals surface area contributed by atoms with Crippen molar-refractivity contribution >= 4 is 11.7 Å². The number of hydrogen-bond acceptors (Lipinski definition) is 4. The second-order valence-electron chi connectivity index (χ2n) is 9.58. The van der Waals surface area contributed by atoms with Crippen molar-refractivity contribution in [1.82, 2.24) is 14.9 Å². The van der Waals surface area contributed by atoms with Crippen LogP contribution in [0.1, 0.15) is 41.0 Å². The molecule has 2 aliphatic rings. The fraction of sp³-hybridized carbons (Fsp3) is 0.346. The predicted molar refractivity (Wildman–Crippen MR) is 123 cm³/mol. The van der Waals surface area contributed by atoms with Crippen molar-refractivity contribution in [3.8, 4) is 11.1 Å². The molecule has 1 saturated carbocycles. The van der Waals surface area contributed by atoms with Gasteiger partial charge < -0.3 is 10.2 Å². The lowest BCUT2D eigenvalue weighted by atomic mass is 10.0. The average molecular weight is 502 g/mol. The molecule has 1 aliphatic heterocycles. The Labute approximate surface area is 204 Å². The summed E-state index contributed by atoms with van der Waals surface area (Å²) in [5.74, 6) is -2.04. The highest BCUT2D eigenvalue weighted by atomic mass is 19.4. The standard InChI is InChI=1S/C26H23F5N4O/c1-15-2-5-19(16-3-6-20(27)21(28)10-16)23(34-15)24(36)35-14-25(8-9-25)11-18(35)13-33-22-7-4-17(12-32-22)26(29,30)31/h2-7,10,12,18H,8-9,11,13-14H2,1H3,(H,32,33). The van der Waals surface area contributed by atoms with E-state index in [0.29, 0.717) is 29.9 Å². The van der Waals surface area contributed by atoms with Crippen molar-refractivity contribution in [2.45, 2.75) is 38.4 Å². The number of hydrogen-bond donors (Lipinski definition) is 1. The van der Waals surface area contributed by atoms with Gasteiger partial charge in [-0.1, -0.05) is 12.1 Å². The monoisotopic (exact) mass is 502 g/mol. The maximum absolute atomic E-state index is 13.9. The molecule has 1 aliphatic carbocycles. The first kappa shape index (κ1) is 24.1. The molecule has 0 radical (unpaired) electrons. The maximum atomic E-state index is 13.9. The van der Waals surface area contributed by atoms with Crippen LogP contribution < -0.4 is 5.32 Å². The Hall–Kier alpha value is -3.56. The van der Waals surface area contributed by atoms with Crippen molar-refractivity contribution in [2.24, 2.45) is 5.41 Å². The van der Waals surface area contributed by atoms with Crippen LogP contribution in [0.5, 0.6) is 0 Å². The Morgan fingerprint density at radius 2 is 1.89 bits per heavy atom. The Morgan fingerprint density at radius 1 is 1.11 bits per heavy atom. The minimum absolute atomic E-state index is 0.0293. The van der Waals surface area contributed by atoms with Crippen molar-refractivity contribution < 1.29 is 26.7 Å². The number of rotatable bonds is 5. The van der Waals surface area contributed by atoms with Crippen LogP contribution in [0.25, 0.3) is 11.1 Å². The number of aromatic nitrogens is 2. The number of pyridine rings is 2. The Morgan fingerprint density at radius 3 is 2.53 bits per heavy atom. The van der Waals surface area contributed by atoms with Gasteiger partial charge in [0.05, 0.1) is 5.56 Å². The quantitative estimate of drug-likeness (QED) is 0.445. The minimum Gasteiger partial charge on any atom is -0.368 e. The molecule has 2 aromatic heterocycles. The lowest BCUT2D eigenvalue weighted by molar-refractivity contribution is -0.137. The smallest absolute Gasteiger partial charge is 0.368 e. The third kappa shape index (κ3) is 4.76. The van der Waals surface area contributed by atoms with Gasteiger partial charge in [0.15, 0.2) is 11.6 Å². The summed E-state index contributed by atoms with van der Waals surface area (Å²) in [6, 6.07) is 8.82. The van der Waals surface area contributed by atoms with E-state index in [1.165, 1.54) is 12.1 Å². The lowest BCUT2D eigenvalue weighted by Gasteiger charge is -2.26. The highest BCUT2D eigenvalue weighted by molar-refractivity contribution is 5.99. The summed E-state index contributed by atoms with van der Waals surface area (Å²) < 4.78 is 65.9. The molecule has 0 bridgehead atoms. The molecule has 188 valence electrons. The van der Waals surface area contributed by atoms with Crippen LogP contribution in [-0.4, -0.2) is 39.9 Å². The Bertz CT molecular complexity index is 1300. The van der Waals surface area contributed by atoms with Crippen LogP contribution in [0, 0.1) is 24.0 Å². The van der Waals surface area contributed by atoms with Crippen LogP contribution in [0.3, 0.4) is 0 Å². The van der Waals surface area contributed by atoms with Gasteiger partial charge in [0.25, 0.3) is 5.91 Å². The molecular weight excluding hydrogens is 479 g/mol. The van der Waals surface area contributed by atoms with E-state index in [1.807, 2.05) is 0 Å². The number of halogens is 5. The maximum Gasteiger partial charge on any atom is 0.417 e. The van der Waals surface area contributed by atoms with Crippen molar-refractivity contribution in [2.75, 3.05) is 18.4 Å². The van der Waals surface area contributed by atoms with Crippen LogP contribution in [-0.2, 0) is 6.18 Å². The van der Waals surface area contributed by atoms with E-state index in [4.69, 9.17) is 0 Å². The number of nitrogens with zero attached hydrogens (tertiary/aromatic N) is 3. The van der Waals surface area contributed by atoms with E-state index in [1.54, 1.807) is 24.0 Å². The average Bonchev–Trinajstić information content (AvgIpc) is 3.50. The van der Waals surface area contributed by atoms with Crippen LogP contribution in [0.4, 0.5) is 27.8 Å². The molecule has 5 rings (SSSR count). The van der Waals surface area contributed by atoms with E-state index in [-0.39, 0.29) is 28.9 Å². The van der Waals surface area contributed by atoms with Gasteiger partial charge in [-0.15, -0.1) is 0 Å². The van der Waals surface area contributed by atoms with Gasteiger partial charge >= 0.3 is 6.18 Å². The number of nitrogens with one attached hydrogen (secondary N) is 1. The minimum atomic E-state index is -4.47. The second kappa shape index (κ2) is 8.83. The molecule has 1 spiro atoms. The second-order valence-corrected chi connectivity index (χ2v) is 9.58. The molecule has 1 saturated heterocycles. The summed E-state index contributed by atoms with van der Waals surface area (Å²) in [6.45, 7) is 2.58. The topological polar surface area (TPSA) is 58.1 Å². The summed E-state index contributed by atoms with van der Waals surface area (Å²) in [5.41, 5.74) is 0.690. The van der Waals surface area contributed by atoms with Gasteiger partial charge in [0.1, 0.15) is 11.5 Å². The van der Waals surface area contributed by atoms with E-state index in [0.717, 1.165) is 43.7 Å².